The number of Topliss-reactive ketones (excluding diaryl/α,β-unsaturated/α-hetero) is 1. The average molecular weight is 400 g/mol. The van der Waals surface area contributed by atoms with Crippen LogP contribution < -0.4 is 5.56 Å². The molecule has 1 fully saturated rings. The number of aromatic nitrogens is 1. The van der Waals surface area contributed by atoms with Gasteiger partial charge in [-0.05, 0) is 42.0 Å². The van der Waals surface area contributed by atoms with E-state index in [1.54, 1.807) is 24.3 Å². The van der Waals surface area contributed by atoms with E-state index in [1.807, 2.05) is 32.1 Å². The predicted octanol–water partition coefficient (Wildman–Crippen LogP) is 3.70. The largest absolute Gasteiger partial charge is 0.322 e. The molecule has 28 heavy (non-hydrogen) atoms. The lowest BCUT2D eigenvalue weighted by molar-refractivity contribution is -0.117. The van der Waals surface area contributed by atoms with E-state index in [-0.39, 0.29) is 28.1 Å². The van der Waals surface area contributed by atoms with Crippen molar-refractivity contribution in [1.29, 1.82) is 0 Å². The molecule has 0 radical (unpaired) electrons. The van der Waals surface area contributed by atoms with E-state index >= 15 is 0 Å². The Hall–Kier alpha value is -2.47. The van der Waals surface area contributed by atoms with Gasteiger partial charge in [0.25, 0.3) is 5.56 Å². The van der Waals surface area contributed by atoms with Crippen molar-refractivity contribution in [2.24, 2.45) is 5.92 Å². The summed E-state index contributed by atoms with van der Waals surface area (Å²) in [6.45, 7) is 3.93. The number of nitrogens with one attached hydrogen (secondary N) is 1. The van der Waals surface area contributed by atoms with Gasteiger partial charge in [-0.2, -0.15) is 0 Å². The summed E-state index contributed by atoms with van der Waals surface area (Å²) >= 11 is 0. The lowest BCUT2D eigenvalue weighted by Crippen LogP contribution is -2.15. The Labute approximate surface area is 165 Å². The van der Waals surface area contributed by atoms with Crippen molar-refractivity contribution in [2.45, 2.75) is 43.9 Å². The minimum atomic E-state index is -3.28. The fourth-order valence-electron chi connectivity index (χ4n) is 3.54. The number of carbonyl (C=O) groups is 1. The van der Waals surface area contributed by atoms with Crippen molar-refractivity contribution in [2.75, 3.05) is 6.26 Å². The van der Waals surface area contributed by atoms with Crippen LogP contribution in [0, 0.1) is 5.92 Å². The summed E-state index contributed by atoms with van der Waals surface area (Å²) in [5, 5.41) is 0. The molecule has 0 amide bonds. The number of pyridine rings is 1. The lowest BCUT2D eigenvalue weighted by atomic mass is 9.95. The summed E-state index contributed by atoms with van der Waals surface area (Å²) in [5.41, 5.74) is 2.87. The van der Waals surface area contributed by atoms with Crippen LogP contribution in [0.4, 0.5) is 0 Å². The highest BCUT2D eigenvalue weighted by Gasteiger charge is 2.22. The average Bonchev–Trinajstić information content (AvgIpc) is 3.03. The van der Waals surface area contributed by atoms with Gasteiger partial charge < -0.3 is 4.98 Å². The minimum absolute atomic E-state index is 0.116. The Morgan fingerprint density at radius 2 is 1.79 bits per heavy atom. The number of allylic oxidation sites excluding steroid dienone is 1. The van der Waals surface area contributed by atoms with Gasteiger partial charge in [0.15, 0.2) is 9.84 Å². The third-order valence-electron chi connectivity index (χ3n) is 5.13. The van der Waals surface area contributed by atoms with Crippen LogP contribution >= 0.6 is 0 Å². The highest BCUT2D eigenvalue weighted by Crippen LogP contribution is 2.30. The first-order chi connectivity index (χ1) is 13.1. The molecule has 1 saturated carbocycles. The zero-order valence-corrected chi connectivity index (χ0v) is 17.2. The molecule has 0 saturated heterocycles. The highest BCUT2D eigenvalue weighted by atomic mass is 32.2. The first-order valence-corrected chi connectivity index (χ1v) is 11.3. The number of rotatable bonds is 5. The van der Waals surface area contributed by atoms with Crippen LogP contribution in [-0.4, -0.2) is 25.4 Å². The van der Waals surface area contributed by atoms with Gasteiger partial charge in [0.05, 0.1) is 4.90 Å². The van der Waals surface area contributed by atoms with Crippen LogP contribution in [0.1, 0.15) is 55.8 Å². The SMILES string of the molecule is CC(C)c1ccc(/C(=C\C2CCC(=O)C2)c2ccc(S(C)(=O)=O)cc2)[nH]c1=O. The number of aromatic amines is 1. The molecule has 1 atom stereocenters. The van der Waals surface area contributed by atoms with E-state index in [4.69, 9.17) is 0 Å². The molecule has 0 bridgehead atoms. The van der Waals surface area contributed by atoms with Gasteiger partial charge in [-0.1, -0.05) is 38.1 Å². The maximum absolute atomic E-state index is 12.5. The molecule has 1 aromatic carbocycles. The van der Waals surface area contributed by atoms with Gasteiger partial charge in [-0.3, -0.25) is 9.59 Å². The Morgan fingerprint density at radius 1 is 1.11 bits per heavy atom. The molecule has 1 aromatic heterocycles. The quantitative estimate of drug-likeness (QED) is 0.831. The van der Waals surface area contributed by atoms with Gasteiger partial charge in [-0.15, -0.1) is 0 Å². The van der Waals surface area contributed by atoms with E-state index in [2.05, 4.69) is 4.98 Å². The fraction of sp³-hybridized carbons (Fsp3) is 0.364. The van der Waals surface area contributed by atoms with Gasteiger partial charge in [0, 0.05) is 35.9 Å². The molecule has 2 aromatic rings. The molecular formula is C22H25NO4S. The number of H-pyrrole nitrogens is 1. The van der Waals surface area contributed by atoms with Gasteiger partial charge in [-0.25, -0.2) is 8.42 Å². The molecule has 6 heteroatoms. The van der Waals surface area contributed by atoms with Crippen molar-refractivity contribution in [3.63, 3.8) is 0 Å². The Morgan fingerprint density at radius 3 is 2.29 bits per heavy atom. The highest BCUT2D eigenvalue weighted by molar-refractivity contribution is 7.90. The van der Waals surface area contributed by atoms with Crippen LogP contribution in [0.2, 0.25) is 0 Å². The summed E-state index contributed by atoms with van der Waals surface area (Å²) in [5.74, 6) is 0.480. The number of hydrogen-bond donors (Lipinski definition) is 1. The minimum Gasteiger partial charge on any atom is -0.322 e. The maximum atomic E-state index is 12.5. The Bertz CT molecular complexity index is 1080. The third-order valence-corrected chi connectivity index (χ3v) is 6.26. The first kappa shape index (κ1) is 20.3. The second-order valence-electron chi connectivity index (χ2n) is 7.73. The summed E-state index contributed by atoms with van der Waals surface area (Å²) in [4.78, 5) is 27.4. The zero-order valence-electron chi connectivity index (χ0n) is 16.4. The van der Waals surface area contributed by atoms with Gasteiger partial charge in [0.1, 0.15) is 5.78 Å². The summed E-state index contributed by atoms with van der Waals surface area (Å²) in [6.07, 6.45) is 5.06. The zero-order chi connectivity index (χ0) is 20.5. The standard InChI is InChI=1S/C22H25NO4S/c1-14(2)19-10-11-21(23-22(19)25)20(13-15-4-7-17(24)12-15)16-5-8-18(9-6-16)28(3,26)27/h5-6,8-11,13-15H,4,7,12H2,1-3H3,(H,23,25)/b20-13-. The van der Waals surface area contributed by atoms with E-state index in [1.165, 1.54) is 6.26 Å². The fourth-order valence-corrected chi connectivity index (χ4v) is 4.17. The van der Waals surface area contributed by atoms with Crippen LogP contribution in [0.5, 0.6) is 0 Å². The molecule has 0 spiro atoms. The molecule has 0 aliphatic heterocycles. The van der Waals surface area contributed by atoms with E-state index < -0.39 is 9.84 Å². The van der Waals surface area contributed by atoms with E-state index in [9.17, 15) is 18.0 Å². The van der Waals surface area contributed by atoms with Crippen LogP contribution in [-0.2, 0) is 14.6 Å². The number of benzene rings is 1. The van der Waals surface area contributed by atoms with E-state index in [0.717, 1.165) is 17.6 Å². The van der Waals surface area contributed by atoms with E-state index in [0.29, 0.717) is 24.1 Å². The first-order valence-electron chi connectivity index (χ1n) is 9.42. The topological polar surface area (TPSA) is 84.1 Å². The number of ketones is 1. The molecule has 3 rings (SSSR count). The van der Waals surface area contributed by atoms with Crippen molar-refractivity contribution >= 4 is 21.2 Å². The third kappa shape index (κ3) is 4.50. The molecule has 1 N–H and O–H groups in total. The molecule has 1 aliphatic rings. The summed E-state index contributed by atoms with van der Waals surface area (Å²) in [6, 6.07) is 10.3. The van der Waals surface area contributed by atoms with Crippen LogP contribution in [0.25, 0.3) is 5.57 Å². The number of carbonyl (C=O) groups excluding carboxylic acids is 1. The maximum Gasteiger partial charge on any atom is 0.251 e. The lowest BCUT2D eigenvalue weighted by Gasteiger charge is -2.13. The van der Waals surface area contributed by atoms with Crippen LogP contribution in [0.3, 0.4) is 0 Å². The molecule has 1 aliphatic carbocycles. The second-order valence-corrected chi connectivity index (χ2v) is 9.75. The van der Waals surface area contributed by atoms with Crippen molar-refractivity contribution in [3.05, 3.63) is 69.6 Å². The summed E-state index contributed by atoms with van der Waals surface area (Å²) < 4.78 is 23.5. The summed E-state index contributed by atoms with van der Waals surface area (Å²) in [7, 11) is -3.28. The number of sulfone groups is 1. The van der Waals surface area contributed by atoms with Gasteiger partial charge >= 0.3 is 0 Å². The number of hydrogen-bond acceptors (Lipinski definition) is 4. The second kappa shape index (κ2) is 7.87. The Kier molecular flexibility index (Phi) is 5.70. The molecule has 5 nitrogen and oxygen atoms in total. The van der Waals surface area contributed by atoms with Crippen molar-refractivity contribution in [3.8, 4) is 0 Å². The normalized spacial score (nSPS) is 18.1. The smallest absolute Gasteiger partial charge is 0.251 e. The monoisotopic (exact) mass is 399 g/mol. The van der Waals surface area contributed by atoms with Gasteiger partial charge in [0.2, 0.25) is 0 Å². The molecule has 148 valence electrons. The molecule has 1 heterocycles. The van der Waals surface area contributed by atoms with Crippen molar-refractivity contribution in [1.82, 2.24) is 4.98 Å². The Balaban J connectivity index is 2.08. The van der Waals surface area contributed by atoms with Crippen molar-refractivity contribution < 1.29 is 13.2 Å². The predicted molar refractivity (Wildman–Crippen MR) is 110 cm³/mol. The molecular weight excluding hydrogens is 374 g/mol. The molecule has 1 unspecified atom stereocenters. The van der Waals surface area contributed by atoms with Crippen LogP contribution in [0.15, 0.2) is 52.2 Å².